The van der Waals surface area contributed by atoms with Crippen molar-refractivity contribution >= 4 is 0 Å². The first-order valence-corrected chi connectivity index (χ1v) is 4.05. The first kappa shape index (κ1) is 12.6. The van der Waals surface area contributed by atoms with Gasteiger partial charge in [-0.3, -0.25) is 0 Å². The second kappa shape index (κ2) is 8.92. The summed E-state index contributed by atoms with van der Waals surface area (Å²) < 4.78 is 0. The van der Waals surface area contributed by atoms with Crippen LogP contribution in [0.25, 0.3) is 0 Å². The summed E-state index contributed by atoms with van der Waals surface area (Å²) in [6, 6.07) is 0. The summed E-state index contributed by atoms with van der Waals surface area (Å²) in [7, 11) is 0. The molecule has 64 valence electrons. The third-order valence-electron chi connectivity index (χ3n) is 1.88. The zero-order valence-corrected chi connectivity index (χ0v) is 7.19. The summed E-state index contributed by atoms with van der Waals surface area (Å²) in [5.41, 5.74) is 5.52. The highest BCUT2D eigenvalue weighted by Gasteiger charge is 2.00. The van der Waals surface area contributed by atoms with Crippen molar-refractivity contribution in [3.63, 3.8) is 0 Å². The number of hydrogen-bond donors (Lipinski definition) is 1. The maximum absolute atomic E-state index is 5.52. The van der Waals surface area contributed by atoms with E-state index in [-0.39, 0.29) is 5.48 Å². The summed E-state index contributed by atoms with van der Waals surface area (Å²) in [4.78, 5) is 0. The third kappa shape index (κ3) is 6.05. The fourth-order valence-corrected chi connectivity index (χ4v) is 0.981. The van der Waals surface area contributed by atoms with Crippen molar-refractivity contribution in [1.29, 1.82) is 0 Å². The molecule has 2 heteroatoms. The van der Waals surface area contributed by atoms with Crippen LogP contribution in [-0.2, 0) is 0 Å². The molecular formula is C8H21NO. The molecule has 0 aromatic carbocycles. The van der Waals surface area contributed by atoms with Gasteiger partial charge >= 0.3 is 0 Å². The third-order valence-corrected chi connectivity index (χ3v) is 1.88. The van der Waals surface area contributed by atoms with Crippen LogP contribution in [0.15, 0.2) is 0 Å². The van der Waals surface area contributed by atoms with Crippen molar-refractivity contribution in [3.05, 3.63) is 0 Å². The lowest BCUT2D eigenvalue weighted by Crippen LogP contribution is -2.12. The van der Waals surface area contributed by atoms with Crippen molar-refractivity contribution in [2.75, 3.05) is 6.54 Å². The van der Waals surface area contributed by atoms with E-state index in [0.29, 0.717) is 0 Å². The molecule has 0 fully saturated rings. The Kier molecular flexibility index (Phi) is 11.2. The Hall–Kier alpha value is -0.0800. The monoisotopic (exact) mass is 147 g/mol. The largest absolute Gasteiger partial charge is 0.412 e. The van der Waals surface area contributed by atoms with Gasteiger partial charge in [0.15, 0.2) is 0 Å². The quantitative estimate of drug-likeness (QED) is 0.626. The second-order valence-corrected chi connectivity index (χ2v) is 2.65. The number of hydrogen-bond acceptors (Lipinski definition) is 1. The van der Waals surface area contributed by atoms with Gasteiger partial charge in [0.2, 0.25) is 0 Å². The minimum Gasteiger partial charge on any atom is -0.412 e. The van der Waals surface area contributed by atoms with Crippen molar-refractivity contribution in [2.24, 2.45) is 11.7 Å². The Morgan fingerprint density at radius 2 is 1.90 bits per heavy atom. The van der Waals surface area contributed by atoms with E-state index in [0.717, 1.165) is 12.5 Å². The summed E-state index contributed by atoms with van der Waals surface area (Å²) in [6.45, 7) is 5.31. The molecule has 0 amide bonds. The van der Waals surface area contributed by atoms with Crippen molar-refractivity contribution in [2.45, 2.75) is 39.5 Å². The van der Waals surface area contributed by atoms with Crippen LogP contribution in [0.2, 0.25) is 0 Å². The molecule has 0 aliphatic carbocycles. The minimum absolute atomic E-state index is 0. The van der Waals surface area contributed by atoms with E-state index >= 15 is 0 Å². The molecule has 0 aliphatic heterocycles. The Morgan fingerprint density at radius 1 is 1.30 bits per heavy atom. The lowest BCUT2D eigenvalue weighted by molar-refractivity contribution is 0.461. The van der Waals surface area contributed by atoms with Crippen LogP contribution in [-0.4, -0.2) is 12.0 Å². The standard InChI is InChI=1S/C8H19N.H2O/c1-3-5-6-8(4-2)7-9;/h8H,3-7,9H2,1-2H3;1H2. The molecule has 0 heterocycles. The van der Waals surface area contributed by atoms with E-state index in [9.17, 15) is 0 Å². The van der Waals surface area contributed by atoms with E-state index in [1.54, 1.807) is 0 Å². The zero-order valence-electron chi connectivity index (χ0n) is 7.19. The molecule has 0 spiro atoms. The SMILES string of the molecule is CCCCC(CC)CN.O. The van der Waals surface area contributed by atoms with Crippen LogP contribution in [0, 0.1) is 5.92 Å². The van der Waals surface area contributed by atoms with Crippen LogP contribution < -0.4 is 5.73 Å². The predicted molar refractivity (Wildman–Crippen MR) is 46.0 cm³/mol. The highest BCUT2D eigenvalue weighted by atomic mass is 16.0. The van der Waals surface area contributed by atoms with Gasteiger partial charge in [-0.25, -0.2) is 0 Å². The summed E-state index contributed by atoms with van der Waals surface area (Å²) in [6.07, 6.45) is 5.21. The van der Waals surface area contributed by atoms with E-state index in [2.05, 4.69) is 13.8 Å². The molecule has 0 saturated carbocycles. The van der Waals surface area contributed by atoms with E-state index in [1.165, 1.54) is 25.7 Å². The van der Waals surface area contributed by atoms with Crippen LogP contribution in [0.5, 0.6) is 0 Å². The van der Waals surface area contributed by atoms with Crippen LogP contribution in [0.1, 0.15) is 39.5 Å². The van der Waals surface area contributed by atoms with E-state index in [1.807, 2.05) is 0 Å². The van der Waals surface area contributed by atoms with Crippen LogP contribution in [0.3, 0.4) is 0 Å². The fourth-order valence-electron chi connectivity index (χ4n) is 0.981. The van der Waals surface area contributed by atoms with Gasteiger partial charge in [-0.2, -0.15) is 0 Å². The molecule has 0 aromatic heterocycles. The first-order valence-electron chi connectivity index (χ1n) is 4.05. The highest BCUT2D eigenvalue weighted by Crippen LogP contribution is 2.09. The minimum atomic E-state index is 0. The van der Waals surface area contributed by atoms with E-state index < -0.39 is 0 Å². The topological polar surface area (TPSA) is 57.5 Å². The Balaban J connectivity index is 0. The number of nitrogens with two attached hydrogens (primary N) is 1. The Labute approximate surface area is 64.1 Å². The maximum atomic E-state index is 5.52. The van der Waals surface area contributed by atoms with Crippen molar-refractivity contribution in [1.82, 2.24) is 0 Å². The smallest absolute Gasteiger partial charge is 0.00490 e. The fraction of sp³-hybridized carbons (Fsp3) is 1.00. The van der Waals surface area contributed by atoms with E-state index in [4.69, 9.17) is 5.73 Å². The van der Waals surface area contributed by atoms with Gasteiger partial charge in [-0.15, -0.1) is 0 Å². The average Bonchev–Trinajstić information content (AvgIpc) is 1.91. The normalized spacial score (nSPS) is 12.3. The van der Waals surface area contributed by atoms with Crippen LogP contribution in [0.4, 0.5) is 0 Å². The molecule has 10 heavy (non-hydrogen) atoms. The van der Waals surface area contributed by atoms with Gasteiger partial charge in [-0.1, -0.05) is 33.1 Å². The summed E-state index contributed by atoms with van der Waals surface area (Å²) >= 11 is 0. The maximum Gasteiger partial charge on any atom is -0.00490 e. The molecule has 1 unspecified atom stereocenters. The molecule has 0 saturated heterocycles. The van der Waals surface area contributed by atoms with Crippen molar-refractivity contribution < 1.29 is 5.48 Å². The molecule has 0 rings (SSSR count). The second-order valence-electron chi connectivity index (χ2n) is 2.65. The molecule has 0 aliphatic rings. The Morgan fingerprint density at radius 3 is 2.20 bits per heavy atom. The van der Waals surface area contributed by atoms with Crippen LogP contribution >= 0.6 is 0 Å². The van der Waals surface area contributed by atoms with Gasteiger partial charge in [0.1, 0.15) is 0 Å². The van der Waals surface area contributed by atoms with Gasteiger partial charge < -0.3 is 11.2 Å². The lowest BCUT2D eigenvalue weighted by atomic mass is 10.00. The van der Waals surface area contributed by atoms with Gasteiger partial charge in [0, 0.05) is 0 Å². The number of rotatable bonds is 5. The molecule has 0 aromatic rings. The van der Waals surface area contributed by atoms with Gasteiger partial charge in [-0.05, 0) is 18.9 Å². The molecule has 0 radical (unpaired) electrons. The molecule has 0 bridgehead atoms. The zero-order chi connectivity index (χ0) is 7.11. The highest BCUT2D eigenvalue weighted by molar-refractivity contribution is 4.56. The van der Waals surface area contributed by atoms with Gasteiger partial charge in [0.25, 0.3) is 0 Å². The molecule has 1 atom stereocenters. The average molecular weight is 147 g/mol. The first-order chi connectivity index (χ1) is 4.35. The number of unbranched alkanes of at least 4 members (excludes halogenated alkanes) is 1. The molecule has 4 N–H and O–H groups in total. The summed E-state index contributed by atoms with van der Waals surface area (Å²) in [5, 5.41) is 0. The molecule has 2 nitrogen and oxygen atoms in total. The predicted octanol–water partition coefficient (Wildman–Crippen LogP) is 1.34. The van der Waals surface area contributed by atoms with Gasteiger partial charge in [0.05, 0.1) is 0 Å². The Bertz CT molecular complexity index is 53.2. The van der Waals surface area contributed by atoms with Crippen molar-refractivity contribution in [3.8, 4) is 0 Å². The summed E-state index contributed by atoms with van der Waals surface area (Å²) in [5.74, 6) is 0.782. The lowest BCUT2D eigenvalue weighted by Gasteiger charge is -2.09. The molecular weight excluding hydrogens is 126 g/mol.